The Labute approximate surface area is 71.8 Å². The lowest BCUT2D eigenvalue weighted by Crippen LogP contribution is -2.26. The number of ether oxygens (including phenoxy) is 1. The zero-order valence-corrected chi connectivity index (χ0v) is 7.93. The van der Waals surface area contributed by atoms with E-state index in [1.54, 1.807) is 6.92 Å². The molecule has 0 amide bonds. The van der Waals surface area contributed by atoms with Crippen LogP contribution >= 0.6 is 0 Å². The highest BCUT2D eigenvalue weighted by Crippen LogP contribution is 2.22. The summed E-state index contributed by atoms with van der Waals surface area (Å²) in [5.41, 5.74) is 0. The lowest BCUT2D eigenvalue weighted by molar-refractivity contribution is -0.145. The second kappa shape index (κ2) is 3.05. The van der Waals surface area contributed by atoms with Crippen LogP contribution in [0.25, 0.3) is 0 Å². The molecule has 0 bridgehead atoms. The van der Waals surface area contributed by atoms with E-state index in [1.165, 1.54) is 6.92 Å². The van der Waals surface area contributed by atoms with Crippen LogP contribution in [0.5, 0.6) is 0 Å². The first-order valence-electron chi connectivity index (χ1n) is 3.82. The number of hydrogen-bond acceptors (Lipinski definition) is 4. The normalized spacial score (nSPS) is 33.2. The van der Waals surface area contributed by atoms with Gasteiger partial charge in [0, 0.05) is 6.92 Å². The molecule has 5 heteroatoms. The van der Waals surface area contributed by atoms with E-state index in [4.69, 9.17) is 4.74 Å². The van der Waals surface area contributed by atoms with E-state index in [0.29, 0.717) is 6.42 Å². The van der Waals surface area contributed by atoms with Crippen molar-refractivity contribution in [1.29, 1.82) is 0 Å². The van der Waals surface area contributed by atoms with Crippen LogP contribution in [-0.4, -0.2) is 31.5 Å². The Hall–Kier alpha value is -0.580. The monoisotopic (exact) mass is 192 g/mol. The lowest BCUT2D eigenvalue weighted by atomic mass is 10.2. The minimum absolute atomic E-state index is 0.131. The Morgan fingerprint density at radius 2 is 2.08 bits per heavy atom. The van der Waals surface area contributed by atoms with Gasteiger partial charge in [-0.1, -0.05) is 0 Å². The first-order chi connectivity index (χ1) is 5.43. The Kier molecular flexibility index (Phi) is 2.41. The molecule has 0 radical (unpaired) electrons. The summed E-state index contributed by atoms with van der Waals surface area (Å²) >= 11 is 0. The van der Waals surface area contributed by atoms with Crippen LogP contribution in [0.1, 0.15) is 20.3 Å². The van der Waals surface area contributed by atoms with Gasteiger partial charge in [0.1, 0.15) is 6.10 Å². The van der Waals surface area contributed by atoms with Crippen molar-refractivity contribution in [3.63, 3.8) is 0 Å². The van der Waals surface area contributed by atoms with E-state index >= 15 is 0 Å². The highest BCUT2D eigenvalue weighted by Gasteiger charge is 2.38. The van der Waals surface area contributed by atoms with Gasteiger partial charge in [0.05, 0.1) is 11.0 Å². The SMILES string of the molecule is CC(=O)OC1CCS(=O)(=O)C1C. The van der Waals surface area contributed by atoms with E-state index in [1.807, 2.05) is 0 Å². The zero-order valence-electron chi connectivity index (χ0n) is 7.11. The second-order valence-corrected chi connectivity index (χ2v) is 5.49. The molecule has 2 atom stereocenters. The van der Waals surface area contributed by atoms with E-state index in [-0.39, 0.29) is 5.75 Å². The number of carbonyl (C=O) groups is 1. The molecule has 1 aliphatic rings. The molecule has 0 aromatic heterocycles. The topological polar surface area (TPSA) is 60.4 Å². The molecule has 1 rings (SSSR count). The number of carbonyl (C=O) groups excluding carboxylic acids is 1. The van der Waals surface area contributed by atoms with Gasteiger partial charge in [-0.3, -0.25) is 4.79 Å². The summed E-state index contributed by atoms with van der Waals surface area (Å²) in [5.74, 6) is -0.282. The third kappa shape index (κ3) is 1.77. The van der Waals surface area contributed by atoms with Crippen molar-refractivity contribution in [2.45, 2.75) is 31.6 Å². The maximum atomic E-state index is 11.2. The Morgan fingerprint density at radius 1 is 1.50 bits per heavy atom. The third-order valence-corrected chi connectivity index (χ3v) is 4.34. The van der Waals surface area contributed by atoms with Crippen molar-refractivity contribution in [2.24, 2.45) is 0 Å². The highest BCUT2D eigenvalue weighted by atomic mass is 32.2. The molecule has 1 aliphatic heterocycles. The van der Waals surface area contributed by atoms with Gasteiger partial charge in [0.2, 0.25) is 0 Å². The van der Waals surface area contributed by atoms with Crippen molar-refractivity contribution >= 4 is 15.8 Å². The van der Waals surface area contributed by atoms with Crippen molar-refractivity contribution in [2.75, 3.05) is 5.75 Å². The van der Waals surface area contributed by atoms with E-state index in [9.17, 15) is 13.2 Å². The first-order valence-corrected chi connectivity index (χ1v) is 5.54. The Morgan fingerprint density at radius 3 is 2.42 bits per heavy atom. The third-order valence-electron chi connectivity index (χ3n) is 2.09. The molecule has 0 N–H and O–H groups in total. The van der Waals surface area contributed by atoms with Crippen LogP contribution in [0.3, 0.4) is 0 Å². The molecule has 4 nitrogen and oxygen atoms in total. The molecule has 2 unspecified atom stereocenters. The lowest BCUT2D eigenvalue weighted by Gasteiger charge is -2.13. The van der Waals surface area contributed by atoms with Crippen molar-refractivity contribution in [3.05, 3.63) is 0 Å². The summed E-state index contributed by atoms with van der Waals surface area (Å²) in [6.07, 6.45) is -0.00389. The maximum absolute atomic E-state index is 11.2. The molecule has 1 fully saturated rings. The number of esters is 1. The predicted molar refractivity (Wildman–Crippen MR) is 43.4 cm³/mol. The first kappa shape index (κ1) is 9.51. The molecule has 0 aliphatic carbocycles. The van der Waals surface area contributed by atoms with Gasteiger partial charge in [-0.15, -0.1) is 0 Å². The smallest absolute Gasteiger partial charge is 0.302 e. The molecular weight excluding hydrogens is 180 g/mol. The Balaban J connectivity index is 2.68. The summed E-state index contributed by atoms with van der Waals surface area (Å²) in [6, 6.07) is 0. The summed E-state index contributed by atoms with van der Waals surface area (Å²) in [4.78, 5) is 10.5. The van der Waals surface area contributed by atoms with Crippen LogP contribution in [0.15, 0.2) is 0 Å². The molecule has 1 saturated heterocycles. The van der Waals surface area contributed by atoms with Crippen LogP contribution in [0.4, 0.5) is 0 Å². The average molecular weight is 192 g/mol. The Bertz CT molecular complexity index is 280. The molecule has 70 valence electrons. The van der Waals surface area contributed by atoms with Gasteiger partial charge in [0.25, 0.3) is 0 Å². The zero-order chi connectivity index (χ0) is 9.35. The minimum Gasteiger partial charge on any atom is -0.461 e. The molecule has 0 aromatic carbocycles. The number of sulfone groups is 1. The van der Waals surface area contributed by atoms with Crippen molar-refractivity contribution in [3.8, 4) is 0 Å². The summed E-state index contributed by atoms with van der Waals surface area (Å²) in [5, 5.41) is -0.540. The molecule has 0 saturated carbocycles. The fourth-order valence-corrected chi connectivity index (χ4v) is 2.89. The van der Waals surface area contributed by atoms with Crippen molar-refractivity contribution in [1.82, 2.24) is 0 Å². The maximum Gasteiger partial charge on any atom is 0.302 e. The number of rotatable bonds is 1. The van der Waals surface area contributed by atoms with Gasteiger partial charge in [-0.25, -0.2) is 8.42 Å². The summed E-state index contributed by atoms with van der Waals surface area (Å²) in [6.45, 7) is 2.87. The van der Waals surface area contributed by atoms with Gasteiger partial charge in [-0.05, 0) is 13.3 Å². The standard InChI is InChI=1S/C7H12O4S/c1-5-7(11-6(2)8)3-4-12(5,9)10/h5,7H,3-4H2,1-2H3. The van der Waals surface area contributed by atoms with Crippen LogP contribution in [0, 0.1) is 0 Å². The van der Waals surface area contributed by atoms with Crippen LogP contribution in [-0.2, 0) is 19.4 Å². The van der Waals surface area contributed by atoms with Crippen molar-refractivity contribution < 1.29 is 17.9 Å². The summed E-state index contributed by atoms with van der Waals surface area (Å²) < 4.78 is 27.2. The molecule has 0 spiro atoms. The molecular formula is C7H12O4S. The van der Waals surface area contributed by atoms with Gasteiger partial charge in [0.15, 0.2) is 9.84 Å². The minimum atomic E-state index is -3.00. The van der Waals surface area contributed by atoms with Gasteiger partial charge < -0.3 is 4.74 Å². The van der Waals surface area contributed by atoms with E-state index in [2.05, 4.69) is 0 Å². The number of hydrogen-bond donors (Lipinski definition) is 0. The van der Waals surface area contributed by atoms with Gasteiger partial charge >= 0.3 is 5.97 Å². The predicted octanol–water partition coefficient (Wildman–Crippen LogP) is 0.125. The fraction of sp³-hybridized carbons (Fsp3) is 0.857. The van der Waals surface area contributed by atoms with Gasteiger partial charge in [-0.2, -0.15) is 0 Å². The molecule has 1 heterocycles. The molecule has 12 heavy (non-hydrogen) atoms. The fourth-order valence-electron chi connectivity index (χ4n) is 1.30. The quantitative estimate of drug-likeness (QED) is 0.554. The molecule has 0 aromatic rings. The van der Waals surface area contributed by atoms with E-state index in [0.717, 1.165) is 0 Å². The highest BCUT2D eigenvalue weighted by molar-refractivity contribution is 7.92. The second-order valence-electron chi connectivity index (χ2n) is 3.01. The summed E-state index contributed by atoms with van der Waals surface area (Å²) in [7, 11) is -3.00. The van der Waals surface area contributed by atoms with Crippen LogP contribution in [0.2, 0.25) is 0 Å². The largest absolute Gasteiger partial charge is 0.461 e. The van der Waals surface area contributed by atoms with Crippen LogP contribution < -0.4 is 0 Å². The van der Waals surface area contributed by atoms with E-state index < -0.39 is 27.2 Å². The average Bonchev–Trinajstić information content (AvgIpc) is 2.15.